The molecule has 0 atom stereocenters. The molecule has 0 aromatic heterocycles. The Hall–Kier alpha value is -1.75. The van der Waals surface area contributed by atoms with Crippen LogP contribution in [0.4, 0.5) is 10.5 Å². The summed E-state index contributed by atoms with van der Waals surface area (Å²) < 4.78 is 11.0. The summed E-state index contributed by atoms with van der Waals surface area (Å²) in [5.41, 5.74) is 1.64. The largest absolute Gasteiger partial charge is 0.444 e. The first kappa shape index (κ1) is 17.6. The molecule has 0 spiro atoms. The van der Waals surface area contributed by atoms with Crippen LogP contribution in [0, 0.1) is 0 Å². The van der Waals surface area contributed by atoms with Crippen molar-refractivity contribution in [1.29, 1.82) is 0 Å². The van der Waals surface area contributed by atoms with Gasteiger partial charge in [0.2, 0.25) is 0 Å². The number of anilines is 1. The van der Waals surface area contributed by atoms with E-state index in [2.05, 4.69) is 36.2 Å². The van der Waals surface area contributed by atoms with Gasteiger partial charge in [-0.1, -0.05) is 12.1 Å². The SMILES string of the molecule is CC(C)(C)OC(=O)NCc1ccc(N2CCOC(C)(C)C2)cc1. The standard InChI is InChI=1S/C18H28N2O3/c1-17(2,3)23-16(21)19-12-14-6-8-15(9-7-14)20-10-11-22-18(4,5)13-20/h6-9H,10-13H2,1-5H3,(H,19,21). The fraction of sp³-hybridized carbons (Fsp3) is 0.611. The topological polar surface area (TPSA) is 50.8 Å². The van der Waals surface area contributed by atoms with Gasteiger partial charge < -0.3 is 19.7 Å². The van der Waals surface area contributed by atoms with Crippen molar-refractivity contribution in [1.82, 2.24) is 5.32 Å². The highest BCUT2D eigenvalue weighted by Gasteiger charge is 2.27. The van der Waals surface area contributed by atoms with Crippen LogP contribution in [0.1, 0.15) is 40.2 Å². The Morgan fingerprint density at radius 2 is 1.96 bits per heavy atom. The molecule has 0 saturated carbocycles. The van der Waals surface area contributed by atoms with E-state index in [1.54, 1.807) is 0 Å². The van der Waals surface area contributed by atoms with Crippen molar-refractivity contribution in [3.8, 4) is 0 Å². The van der Waals surface area contributed by atoms with Crippen molar-refractivity contribution in [2.24, 2.45) is 0 Å². The lowest BCUT2D eigenvalue weighted by molar-refractivity contribution is -0.0276. The van der Waals surface area contributed by atoms with Crippen LogP contribution >= 0.6 is 0 Å². The fourth-order valence-electron chi connectivity index (χ4n) is 2.55. The van der Waals surface area contributed by atoms with E-state index in [-0.39, 0.29) is 5.60 Å². The van der Waals surface area contributed by atoms with Gasteiger partial charge in [-0.3, -0.25) is 0 Å². The van der Waals surface area contributed by atoms with E-state index in [9.17, 15) is 4.79 Å². The van der Waals surface area contributed by atoms with Crippen molar-refractivity contribution in [3.05, 3.63) is 29.8 Å². The third-order valence-electron chi connectivity index (χ3n) is 3.56. The third kappa shape index (κ3) is 5.75. The average Bonchev–Trinajstić information content (AvgIpc) is 2.43. The predicted octanol–water partition coefficient (Wildman–Crippen LogP) is 3.33. The number of carbonyl (C=O) groups excluding carboxylic acids is 1. The number of hydrogen-bond donors (Lipinski definition) is 1. The molecule has 1 saturated heterocycles. The highest BCUT2D eigenvalue weighted by Crippen LogP contribution is 2.23. The van der Waals surface area contributed by atoms with E-state index in [4.69, 9.17) is 9.47 Å². The third-order valence-corrected chi connectivity index (χ3v) is 3.56. The summed E-state index contributed by atoms with van der Waals surface area (Å²) in [7, 11) is 0. The van der Waals surface area contributed by atoms with Gasteiger partial charge >= 0.3 is 6.09 Å². The maximum Gasteiger partial charge on any atom is 0.407 e. The van der Waals surface area contributed by atoms with Crippen LogP contribution in [0.2, 0.25) is 0 Å². The normalized spacial score (nSPS) is 17.7. The molecule has 1 aromatic carbocycles. The van der Waals surface area contributed by atoms with Gasteiger partial charge in [0.25, 0.3) is 0 Å². The van der Waals surface area contributed by atoms with Crippen molar-refractivity contribution >= 4 is 11.8 Å². The van der Waals surface area contributed by atoms with Gasteiger partial charge in [-0.15, -0.1) is 0 Å². The van der Waals surface area contributed by atoms with Gasteiger partial charge in [0.1, 0.15) is 5.60 Å². The molecule has 1 aromatic rings. The van der Waals surface area contributed by atoms with Crippen molar-refractivity contribution in [3.63, 3.8) is 0 Å². The zero-order chi connectivity index (χ0) is 17.1. The highest BCUT2D eigenvalue weighted by atomic mass is 16.6. The Morgan fingerprint density at radius 3 is 2.52 bits per heavy atom. The summed E-state index contributed by atoms with van der Waals surface area (Å²) in [6.45, 7) is 12.8. The van der Waals surface area contributed by atoms with Crippen LogP contribution in [-0.2, 0) is 16.0 Å². The second-order valence-electron chi connectivity index (χ2n) is 7.55. The molecule has 1 aliphatic rings. The number of benzene rings is 1. The Kier molecular flexibility index (Phi) is 5.19. The zero-order valence-electron chi connectivity index (χ0n) is 14.8. The van der Waals surface area contributed by atoms with Gasteiger partial charge in [-0.2, -0.15) is 0 Å². The maximum absolute atomic E-state index is 11.7. The Bertz CT molecular complexity index is 532. The van der Waals surface area contributed by atoms with Gasteiger partial charge in [0.05, 0.1) is 12.2 Å². The van der Waals surface area contributed by atoms with Crippen LogP contribution in [-0.4, -0.2) is 37.0 Å². The Balaban J connectivity index is 1.88. The van der Waals surface area contributed by atoms with Crippen molar-refractivity contribution < 1.29 is 14.3 Å². The monoisotopic (exact) mass is 320 g/mol. The van der Waals surface area contributed by atoms with E-state index < -0.39 is 11.7 Å². The number of ether oxygens (including phenoxy) is 2. The molecule has 0 radical (unpaired) electrons. The molecule has 0 unspecified atom stereocenters. The number of hydrogen-bond acceptors (Lipinski definition) is 4. The number of alkyl carbamates (subject to hydrolysis) is 1. The van der Waals surface area contributed by atoms with Crippen molar-refractivity contribution in [2.45, 2.75) is 52.4 Å². The summed E-state index contributed by atoms with van der Waals surface area (Å²) >= 11 is 0. The lowest BCUT2D eigenvalue weighted by Crippen LogP contribution is -2.48. The molecule has 1 N–H and O–H groups in total. The zero-order valence-corrected chi connectivity index (χ0v) is 14.8. The first-order valence-corrected chi connectivity index (χ1v) is 8.09. The fourth-order valence-corrected chi connectivity index (χ4v) is 2.55. The molecule has 1 heterocycles. The van der Waals surface area contributed by atoms with Crippen LogP contribution < -0.4 is 10.2 Å². The Labute approximate surface area is 139 Å². The minimum Gasteiger partial charge on any atom is -0.444 e. The van der Waals surface area contributed by atoms with Crippen LogP contribution in [0.15, 0.2) is 24.3 Å². The molecule has 128 valence electrons. The van der Waals surface area contributed by atoms with E-state index in [1.165, 1.54) is 5.69 Å². The number of morpholine rings is 1. The van der Waals surface area contributed by atoms with Gasteiger partial charge in [-0.05, 0) is 52.3 Å². The van der Waals surface area contributed by atoms with Gasteiger partial charge in [0.15, 0.2) is 0 Å². The predicted molar refractivity (Wildman–Crippen MR) is 91.8 cm³/mol. The lowest BCUT2D eigenvalue weighted by atomic mass is 10.1. The molecule has 0 aliphatic carbocycles. The first-order chi connectivity index (χ1) is 10.6. The van der Waals surface area contributed by atoms with Crippen LogP contribution in [0.3, 0.4) is 0 Å². The number of nitrogens with zero attached hydrogens (tertiary/aromatic N) is 1. The van der Waals surface area contributed by atoms with E-state index in [0.717, 1.165) is 25.3 Å². The summed E-state index contributed by atoms with van der Waals surface area (Å²) in [6, 6.07) is 8.26. The van der Waals surface area contributed by atoms with Crippen molar-refractivity contribution in [2.75, 3.05) is 24.6 Å². The van der Waals surface area contributed by atoms with Crippen LogP contribution in [0.5, 0.6) is 0 Å². The van der Waals surface area contributed by atoms with Gasteiger partial charge in [0, 0.05) is 25.3 Å². The molecule has 5 heteroatoms. The van der Waals surface area contributed by atoms with E-state index in [0.29, 0.717) is 6.54 Å². The molecular weight excluding hydrogens is 292 g/mol. The summed E-state index contributed by atoms with van der Waals surface area (Å²) in [5.74, 6) is 0. The highest BCUT2D eigenvalue weighted by molar-refractivity contribution is 5.67. The smallest absolute Gasteiger partial charge is 0.407 e. The first-order valence-electron chi connectivity index (χ1n) is 8.09. The summed E-state index contributed by atoms with van der Waals surface area (Å²) in [6.07, 6.45) is -0.392. The quantitative estimate of drug-likeness (QED) is 0.928. The van der Waals surface area contributed by atoms with Crippen LogP contribution in [0.25, 0.3) is 0 Å². The van der Waals surface area contributed by atoms with Gasteiger partial charge in [-0.25, -0.2) is 4.79 Å². The lowest BCUT2D eigenvalue weighted by Gasteiger charge is -2.39. The number of amides is 1. The number of rotatable bonds is 3. The van der Waals surface area contributed by atoms with E-state index in [1.807, 2.05) is 32.9 Å². The number of nitrogens with one attached hydrogen (secondary N) is 1. The molecule has 1 amide bonds. The second-order valence-corrected chi connectivity index (χ2v) is 7.55. The molecule has 0 bridgehead atoms. The molecule has 23 heavy (non-hydrogen) atoms. The minimum atomic E-state index is -0.475. The molecular formula is C18H28N2O3. The molecule has 1 aliphatic heterocycles. The van der Waals surface area contributed by atoms with E-state index >= 15 is 0 Å². The molecule has 2 rings (SSSR count). The summed E-state index contributed by atoms with van der Waals surface area (Å²) in [4.78, 5) is 14.0. The number of carbonyl (C=O) groups is 1. The summed E-state index contributed by atoms with van der Waals surface area (Å²) in [5, 5.41) is 2.77. The molecule has 5 nitrogen and oxygen atoms in total. The Morgan fingerprint density at radius 1 is 1.30 bits per heavy atom. The average molecular weight is 320 g/mol. The minimum absolute atomic E-state index is 0.116. The second kappa shape index (κ2) is 6.79. The maximum atomic E-state index is 11.7. The molecule has 1 fully saturated rings.